The molecular weight excluding hydrogens is 731 g/mol. The lowest BCUT2D eigenvalue weighted by Gasteiger charge is -2.23. The van der Waals surface area contributed by atoms with Gasteiger partial charge in [-0.15, -0.1) is 0 Å². The lowest BCUT2D eigenvalue weighted by atomic mass is 9.93. The molecule has 0 saturated carbocycles. The number of benzene rings is 2. The number of carbonyl (C=O) groups is 1. The molecule has 7 rings (SSSR count). The predicted molar refractivity (Wildman–Crippen MR) is 181 cm³/mol. The first-order valence-corrected chi connectivity index (χ1v) is 16.5. The van der Waals surface area contributed by atoms with Crippen molar-refractivity contribution >= 4 is 34.2 Å². The third-order valence-corrected chi connectivity index (χ3v) is 9.44. The third kappa shape index (κ3) is 6.57. The van der Waals surface area contributed by atoms with Crippen molar-refractivity contribution in [3.05, 3.63) is 99.9 Å². The molecule has 2 aromatic carbocycles. The quantitative estimate of drug-likeness (QED) is 0.156. The Morgan fingerprint density at radius 3 is 2.42 bits per heavy atom. The highest BCUT2D eigenvalue weighted by molar-refractivity contribution is 6.37. The predicted octanol–water partition coefficient (Wildman–Crippen LogP) is 7.46. The monoisotopic (exact) mass is 759 g/mol. The van der Waals surface area contributed by atoms with E-state index in [0.29, 0.717) is 49.2 Å². The van der Waals surface area contributed by atoms with Crippen molar-refractivity contribution in [3.8, 4) is 22.5 Å². The van der Waals surface area contributed by atoms with Crippen LogP contribution in [-0.2, 0) is 44.0 Å². The van der Waals surface area contributed by atoms with Gasteiger partial charge in [0.25, 0.3) is 5.92 Å². The smallest absolute Gasteiger partial charge is 0.382 e. The summed E-state index contributed by atoms with van der Waals surface area (Å²) < 4.78 is 105. The fourth-order valence-corrected chi connectivity index (χ4v) is 7.32. The van der Waals surface area contributed by atoms with Crippen LogP contribution in [0.15, 0.2) is 55.0 Å². The van der Waals surface area contributed by atoms with Crippen LogP contribution in [0.1, 0.15) is 53.5 Å². The van der Waals surface area contributed by atoms with Gasteiger partial charge in [-0.25, -0.2) is 18.7 Å². The maximum absolute atomic E-state index is 15.2. The molecule has 4 heterocycles. The van der Waals surface area contributed by atoms with Gasteiger partial charge < -0.3 is 15.6 Å². The summed E-state index contributed by atoms with van der Waals surface area (Å²) in [5.74, 6) is -7.58. The highest BCUT2D eigenvalue weighted by Gasteiger charge is 2.53. The summed E-state index contributed by atoms with van der Waals surface area (Å²) in [7, 11) is 3.38. The van der Waals surface area contributed by atoms with Gasteiger partial charge >= 0.3 is 6.18 Å². The summed E-state index contributed by atoms with van der Waals surface area (Å²) in [5, 5.41) is 11.1. The van der Waals surface area contributed by atoms with Crippen molar-refractivity contribution in [1.29, 1.82) is 0 Å². The number of hydrogen-bond acceptors (Lipinski definition) is 6. The average Bonchev–Trinajstić information content (AvgIpc) is 3.80. The highest BCUT2D eigenvalue weighted by Crippen LogP contribution is 2.52. The molecule has 1 aliphatic carbocycles. The molecule has 2 atom stereocenters. The average molecular weight is 760 g/mol. The fraction of sp³-hybridized carbons (Fsp3) is 0.286. The minimum Gasteiger partial charge on any atom is -0.382 e. The summed E-state index contributed by atoms with van der Waals surface area (Å²) in [4.78, 5) is 23.1. The van der Waals surface area contributed by atoms with Crippen LogP contribution < -0.4 is 11.1 Å². The number of aromatic nitrogens is 7. The molecule has 10 nitrogen and oxygen atoms in total. The largest absolute Gasteiger partial charge is 0.435 e. The zero-order chi connectivity index (χ0) is 38.1. The maximum atomic E-state index is 15.2. The Hall–Kier alpha value is -5.45. The van der Waals surface area contributed by atoms with Crippen molar-refractivity contribution < 1.29 is 35.5 Å². The van der Waals surface area contributed by atoms with E-state index in [9.17, 15) is 26.7 Å². The number of carbonyl (C=O) groups excluding carboxylic acids is 1. The van der Waals surface area contributed by atoms with E-state index in [1.165, 1.54) is 17.9 Å². The SMILES string of the molecule is C[C@H]1CC(F)(F)c2c1c(C(F)(F)F)nn2CC(=O)NC(Cc1cc(F)cc(F)c1)c1nc(-c2cn(C)cn2)ccc1-c1ccc(Cl)c2c(N)nn(C)c12. The molecule has 0 aliphatic heterocycles. The summed E-state index contributed by atoms with van der Waals surface area (Å²) in [6.07, 6.45) is -3.03. The number of anilines is 1. The van der Waals surface area contributed by atoms with Gasteiger partial charge in [-0.3, -0.25) is 14.2 Å². The van der Waals surface area contributed by atoms with Gasteiger partial charge in [-0.1, -0.05) is 30.7 Å². The standard InChI is InChI=1S/C35H29ClF7N9O/c1-16-12-34(39,40)32-27(16)31(35(41,42)43)48-52(32)14-26(53)46-24(10-17-8-18(37)11-19(38)9-17)29-20(5-7-23(47-29)25-13-50(2)15-45-25)21-4-6-22(36)28-30(21)51(3)49-33(28)44/h4-9,11,13,15-16,24H,10,12,14H2,1-3H3,(H2,44,49)(H,46,53)/t16-,24?/m0/s1. The van der Waals surface area contributed by atoms with Gasteiger partial charge in [-0.2, -0.15) is 32.1 Å². The van der Waals surface area contributed by atoms with Crippen LogP contribution in [0.3, 0.4) is 0 Å². The van der Waals surface area contributed by atoms with Crippen molar-refractivity contribution in [1.82, 2.24) is 39.4 Å². The third-order valence-electron chi connectivity index (χ3n) is 9.13. The summed E-state index contributed by atoms with van der Waals surface area (Å²) >= 11 is 6.51. The Bertz CT molecular complexity index is 2400. The first-order valence-electron chi connectivity index (χ1n) is 16.1. The number of rotatable bonds is 8. The number of nitrogens with two attached hydrogens (primary N) is 1. The topological polar surface area (TPSA) is 121 Å². The molecule has 0 fully saturated rings. The maximum Gasteiger partial charge on any atom is 0.435 e. The molecule has 53 heavy (non-hydrogen) atoms. The number of alkyl halides is 5. The number of pyridine rings is 1. The normalized spacial score (nSPS) is 15.9. The van der Waals surface area contributed by atoms with E-state index in [1.807, 2.05) is 0 Å². The molecule has 0 bridgehead atoms. The van der Waals surface area contributed by atoms with Crippen LogP contribution in [0.2, 0.25) is 5.02 Å². The van der Waals surface area contributed by atoms with Crippen molar-refractivity contribution in [2.24, 2.45) is 14.1 Å². The molecule has 0 saturated heterocycles. The number of imidazole rings is 1. The second kappa shape index (κ2) is 12.9. The number of aryl methyl sites for hydroxylation is 2. The minimum atomic E-state index is -5.06. The Morgan fingerprint density at radius 2 is 1.75 bits per heavy atom. The van der Waals surface area contributed by atoms with Gasteiger partial charge in [0.2, 0.25) is 5.91 Å². The number of nitrogen functional groups attached to an aromatic ring is 1. The lowest BCUT2D eigenvalue weighted by Crippen LogP contribution is -2.35. The number of hydrogen-bond donors (Lipinski definition) is 2. The van der Waals surface area contributed by atoms with Crippen LogP contribution >= 0.6 is 11.6 Å². The number of nitrogens with one attached hydrogen (secondary N) is 1. The molecule has 1 unspecified atom stereocenters. The van der Waals surface area contributed by atoms with E-state index < -0.39 is 71.5 Å². The fourth-order valence-electron chi connectivity index (χ4n) is 7.07. The Labute approximate surface area is 301 Å². The zero-order valence-electron chi connectivity index (χ0n) is 28.1. The highest BCUT2D eigenvalue weighted by atomic mass is 35.5. The van der Waals surface area contributed by atoms with Gasteiger partial charge in [0.1, 0.15) is 29.6 Å². The van der Waals surface area contributed by atoms with Crippen molar-refractivity contribution in [3.63, 3.8) is 0 Å². The summed E-state index contributed by atoms with van der Waals surface area (Å²) in [6.45, 7) is 0.202. The molecule has 0 radical (unpaired) electrons. The number of nitrogens with zero attached hydrogens (tertiary/aromatic N) is 7. The van der Waals surface area contributed by atoms with Gasteiger partial charge in [-0.05, 0) is 42.2 Å². The van der Waals surface area contributed by atoms with Crippen molar-refractivity contribution in [2.45, 2.75) is 50.4 Å². The van der Waals surface area contributed by atoms with E-state index in [4.69, 9.17) is 22.3 Å². The molecule has 6 aromatic rings. The minimum absolute atomic E-state index is 0.0783. The molecule has 18 heteroatoms. The molecule has 0 spiro atoms. The Kier molecular flexibility index (Phi) is 8.74. The molecule has 1 aliphatic rings. The molecular formula is C35H29ClF7N9O. The van der Waals surface area contributed by atoms with E-state index in [-0.39, 0.29) is 23.5 Å². The molecule has 276 valence electrons. The number of fused-ring (bicyclic) bond motifs is 2. The first kappa shape index (κ1) is 35.9. The molecule has 1 amide bonds. The van der Waals surface area contributed by atoms with Crippen LogP contribution in [0.4, 0.5) is 36.6 Å². The van der Waals surface area contributed by atoms with E-state index in [1.54, 1.807) is 49.1 Å². The summed E-state index contributed by atoms with van der Waals surface area (Å²) in [5.41, 5.74) is 5.35. The summed E-state index contributed by atoms with van der Waals surface area (Å²) in [6, 6.07) is 8.10. The van der Waals surface area contributed by atoms with E-state index in [2.05, 4.69) is 20.5 Å². The zero-order valence-corrected chi connectivity index (χ0v) is 28.9. The van der Waals surface area contributed by atoms with Crippen LogP contribution in [-0.4, -0.2) is 40.0 Å². The molecule has 3 N–H and O–H groups in total. The van der Waals surface area contributed by atoms with Gasteiger partial charge in [0, 0.05) is 49.5 Å². The van der Waals surface area contributed by atoms with E-state index >= 15 is 8.78 Å². The molecule has 4 aromatic heterocycles. The number of halogens is 8. The Morgan fingerprint density at radius 1 is 1.06 bits per heavy atom. The van der Waals surface area contributed by atoms with E-state index in [0.717, 1.165) is 12.1 Å². The second-order valence-electron chi connectivity index (χ2n) is 13.1. The first-order chi connectivity index (χ1) is 24.9. The van der Waals surface area contributed by atoms with Gasteiger partial charge in [0.05, 0.1) is 39.7 Å². The van der Waals surface area contributed by atoms with Crippen LogP contribution in [0, 0.1) is 11.6 Å². The van der Waals surface area contributed by atoms with Crippen LogP contribution in [0.25, 0.3) is 33.4 Å². The second-order valence-corrected chi connectivity index (χ2v) is 13.5. The lowest BCUT2D eigenvalue weighted by molar-refractivity contribution is -0.142. The van der Waals surface area contributed by atoms with Crippen LogP contribution in [0.5, 0.6) is 0 Å². The Balaban J connectivity index is 1.39. The number of amides is 1. The van der Waals surface area contributed by atoms with Gasteiger partial charge in [0.15, 0.2) is 11.5 Å². The van der Waals surface area contributed by atoms with Crippen molar-refractivity contribution in [2.75, 3.05) is 5.73 Å².